The summed E-state index contributed by atoms with van der Waals surface area (Å²) in [4.78, 5) is 14.4. The molecule has 2 fully saturated rings. The van der Waals surface area contributed by atoms with Gasteiger partial charge in [0.25, 0.3) is 0 Å². The van der Waals surface area contributed by atoms with Gasteiger partial charge >= 0.3 is 0 Å². The zero-order valence-electron chi connectivity index (χ0n) is 12.9. The van der Waals surface area contributed by atoms with E-state index in [9.17, 15) is 4.79 Å². The molecule has 2 aliphatic carbocycles. The van der Waals surface area contributed by atoms with Crippen LogP contribution in [0, 0.1) is 12.8 Å². The molecule has 0 aromatic heterocycles. The molecular formula is C17H25N3O. The number of benzene rings is 1. The highest BCUT2D eigenvalue weighted by atomic mass is 16.1. The molecular weight excluding hydrogens is 262 g/mol. The Bertz CT molecular complexity index is 519. The van der Waals surface area contributed by atoms with E-state index in [2.05, 4.69) is 41.4 Å². The zero-order valence-corrected chi connectivity index (χ0v) is 12.9. The van der Waals surface area contributed by atoms with Crippen molar-refractivity contribution in [2.45, 2.75) is 44.2 Å². The Balaban J connectivity index is 1.79. The Labute approximate surface area is 126 Å². The molecule has 0 spiro atoms. The lowest BCUT2D eigenvalue weighted by atomic mass is 9.91. The Kier molecular flexibility index (Phi) is 3.66. The number of aryl methyl sites for hydroxylation is 1. The van der Waals surface area contributed by atoms with Crippen LogP contribution in [-0.2, 0) is 4.79 Å². The van der Waals surface area contributed by atoms with Gasteiger partial charge in [-0.05, 0) is 50.7 Å². The second kappa shape index (κ2) is 5.34. The maximum atomic E-state index is 12.2. The Morgan fingerprint density at radius 3 is 2.38 bits per heavy atom. The second-order valence-corrected chi connectivity index (χ2v) is 6.72. The SMILES string of the molecule is Cc1ccc(N(C)CC(NC2CC2)(C(N)=O)C2CC2)cc1. The summed E-state index contributed by atoms with van der Waals surface area (Å²) < 4.78 is 0. The molecule has 1 aromatic rings. The minimum absolute atomic E-state index is 0.198. The van der Waals surface area contributed by atoms with Crippen molar-refractivity contribution in [2.75, 3.05) is 18.5 Å². The summed E-state index contributed by atoms with van der Waals surface area (Å²) in [6.07, 6.45) is 4.53. The molecule has 2 saturated carbocycles. The summed E-state index contributed by atoms with van der Waals surface area (Å²) in [5.41, 5.74) is 7.61. The van der Waals surface area contributed by atoms with E-state index in [1.54, 1.807) is 0 Å². The van der Waals surface area contributed by atoms with Crippen molar-refractivity contribution in [1.82, 2.24) is 5.32 Å². The average molecular weight is 287 g/mol. The van der Waals surface area contributed by atoms with Crippen LogP contribution in [0.15, 0.2) is 24.3 Å². The predicted octanol–water partition coefficient (Wildman–Crippen LogP) is 1.82. The van der Waals surface area contributed by atoms with E-state index in [0.717, 1.165) is 31.4 Å². The van der Waals surface area contributed by atoms with Crippen molar-refractivity contribution in [3.05, 3.63) is 29.8 Å². The maximum Gasteiger partial charge on any atom is 0.239 e. The molecule has 3 N–H and O–H groups in total. The predicted molar refractivity (Wildman–Crippen MR) is 85.3 cm³/mol. The van der Waals surface area contributed by atoms with Crippen LogP contribution in [-0.4, -0.2) is 31.1 Å². The van der Waals surface area contributed by atoms with E-state index in [1.165, 1.54) is 5.56 Å². The normalized spacial score (nSPS) is 20.9. The fourth-order valence-electron chi connectivity index (χ4n) is 3.08. The van der Waals surface area contributed by atoms with Crippen LogP contribution in [0.2, 0.25) is 0 Å². The van der Waals surface area contributed by atoms with Gasteiger partial charge < -0.3 is 10.6 Å². The molecule has 4 heteroatoms. The molecule has 1 amide bonds. The molecule has 0 aliphatic heterocycles. The third kappa shape index (κ3) is 3.05. The number of hydrogen-bond acceptors (Lipinski definition) is 3. The lowest BCUT2D eigenvalue weighted by Gasteiger charge is -2.37. The molecule has 21 heavy (non-hydrogen) atoms. The topological polar surface area (TPSA) is 58.4 Å². The van der Waals surface area contributed by atoms with Crippen LogP contribution in [0.1, 0.15) is 31.2 Å². The molecule has 0 radical (unpaired) electrons. The van der Waals surface area contributed by atoms with E-state index < -0.39 is 5.54 Å². The maximum absolute atomic E-state index is 12.2. The van der Waals surface area contributed by atoms with Gasteiger partial charge in [-0.25, -0.2) is 0 Å². The van der Waals surface area contributed by atoms with Crippen LogP contribution in [0.4, 0.5) is 5.69 Å². The van der Waals surface area contributed by atoms with Gasteiger partial charge in [0.1, 0.15) is 5.54 Å². The highest BCUT2D eigenvalue weighted by Gasteiger charge is 2.52. The number of anilines is 1. The average Bonchev–Trinajstić information content (AvgIpc) is 3.31. The number of carbonyl (C=O) groups excluding carboxylic acids is 1. The third-order valence-electron chi connectivity index (χ3n) is 4.71. The van der Waals surface area contributed by atoms with Crippen LogP contribution in [0.25, 0.3) is 0 Å². The van der Waals surface area contributed by atoms with Crippen molar-refractivity contribution in [3.63, 3.8) is 0 Å². The number of carbonyl (C=O) groups is 1. The minimum Gasteiger partial charge on any atom is -0.372 e. The van der Waals surface area contributed by atoms with Crippen molar-refractivity contribution < 1.29 is 4.79 Å². The van der Waals surface area contributed by atoms with E-state index >= 15 is 0 Å². The van der Waals surface area contributed by atoms with E-state index in [0.29, 0.717) is 18.5 Å². The zero-order chi connectivity index (χ0) is 15.0. The Hall–Kier alpha value is -1.55. The number of amides is 1. The van der Waals surface area contributed by atoms with Crippen LogP contribution in [0.5, 0.6) is 0 Å². The first kappa shape index (κ1) is 14.4. The number of primary amides is 1. The molecule has 4 nitrogen and oxygen atoms in total. The largest absolute Gasteiger partial charge is 0.372 e. The minimum atomic E-state index is -0.569. The number of nitrogens with zero attached hydrogens (tertiary/aromatic N) is 1. The van der Waals surface area contributed by atoms with Gasteiger partial charge in [-0.15, -0.1) is 0 Å². The van der Waals surface area contributed by atoms with Gasteiger partial charge in [0, 0.05) is 25.3 Å². The van der Waals surface area contributed by atoms with Crippen molar-refractivity contribution in [1.29, 1.82) is 0 Å². The van der Waals surface area contributed by atoms with Crippen molar-refractivity contribution >= 4 is 11.6 Å². The number of rotatable bonds is 7. The van der Waals surface area contributed by atoms with Crippen molar-refractivity contribution in [3.8, 4) is 0 Å². The Morgan fingerprint density at radius 1 is 1.29 bits per heavy atom. The standard InChI is InChI=1S/C17H25N3O/c1-12-3-9-15(10-4-12)20(2)11-17(16(18)21,13-5-6-13)19-14-7-8-14/h3-4,9-10,13-14,19H,5-8,11H2,1-2H3,(H2,18,21). The number of hydrogen-bond donors (Lipinski definition) is 2. The molecule has 1 aromatic carbocycles. The molecule has 2 aliphatic rings. The summed E-state index contributed by atoms with van der Waals surface area (Å²) in [6.45, 7) is 2.73. The molecule has 1 unspecified atom stereocenters. The van der Waals surface area contributed by atoms with Gasteiger partial charge in [-0.1, -0.05) is 17.7 Å². The summed E-state index contributed by atoms with van der Waals surface area (Å²) in [5, 5.41) is 3.56. The highest BCUT2D eigenvalue weighted by Crippen LogP contribution is 2.42. The fourth-order valence-corrected chi connectivity index (χ4v) is 3.08. The molecule has 0 heterocycles. The fraction of sp³-hybridized carbons (Fsp3) is 0.588. The molecule has 3 rings (SSSR count). The van der Waals surface area contributed by atoms with Gasteiger partial charge in [-0.2, -0.15) is 0 Å². The number of nitrogens with two attached hydrogens (primary N) is 1. The van der Waals surface area contributed by atoms with Gasteiger partial charge in [0.2, 0.25) is 5.91 Å². The summed E-state index contributed by atoms with van der Waals surface area (Å²) >= 11 is 0. The first-order chi connectivity index (χ1) is 10.0. The van der Waals surface area contributed by atoms with E-state index in [4.69, 9.17) is 5.73 Å². The van der Waals surface area contributed by atoms with Gasteiger partial charge in [0.15, 0.2) is 0 Å². The second-order valence-electron chi connectivity index (χ2n) is 6.72. The summed E-state index contributed by atoms with van der Waals surface area (Å²) in [6, 6.07) is 8.88. The number of likely N-dealkylation sites (N-methyl/N-ethyl adjacent to an activating group) is 1. The molecule has 114 valence electrons. The molecule has 1 atom stereocenters. The van der Waals surface area contributed by atoms with Crippen LogP contribution >= 0.6 is 0 Å². The molecule has 0 saturated heterocycles. The van der Waals surface area contributed by atoms with E-state index in [1.807, 2.05) is 7.05 Å². The van der Waals surface area contributed by atoms with Crippen LogP contribution in [0.3, 0.4) is 0 Å². The van der Waals surface area contributed by atoms with Crippen LogP contribution < -0.4 is 16.0 Å². The first-order valence-corrected chi connectivity index (χ1v) is 7.87. The van der Waals surface area contributed by atoms with Gasteiger partial charge in [-0.3, -0.25) is 10.1 Å². The third-order valence-corrected chi connectivity index (χ3v) is 4.71. The Morgan fingerprint density at radius 2 is 1.90 bits per heavy atom. The quantitative estimate of drug-likeness (QED) is 0.804. The van der Waals surface area contributed by atoms with E-state index in [-0.39, 0.29) is 5.91 Å². The number of nitrogens with one attached hydrogen (secondary N) is 1. The summed E-state index contributed by atoms with van der Waals surface area (Å²) in [5.74, 6) is 0.194. The first-order valence-electron chi connectivity index (χ1n) is 7.87. The monoisotopic (exact) mass is 287 g/mol. The highest BCUT2D eigenvalue weighted by molar-refractivity contribution is 5.86. The van der Waals surface area contributed by atoms with Gasteiger partial charge in [0.05, 0.1) is 0 Å². The smallest absolute Gasteiger partial charge is 0.239 e. The lowest BCUT2D eigenvalue weighted by Crippen LogP contribution is -2.63. The van der Waals surface area contributed by atoms with Crippen molar-refractivity contribution in [2.24, 2.45) is 11.7 Å². The summed E-state index contributed by atoms with van der Waals surface area (Å²) in [7, 11) is 2.04. The molecule has 0 bridgehead atoms. The lowest BCUT2D eigenvalue weighted by molar-refractivity contribution is -0.125.